The van der Waals surface area contributed by atoms with Crippen molar-refractivity contribution >= 4 is 5.91 Å². The second-order valence-electron chi connectivity index (χ2n) is 7.55. The highest BCUT2D eigenvalue weighted by Crippen LogP contribution is 2.39. The summed E-state index contributed by atoms with van der Waals surface area (Å²) in [6.45, 7) is 4.81. The minimum absolute atomic E-state index is 0.0550. The van der Waals surface area contributed by atoms with Crippen molar-refractivity contribution in [3.05, 3.63) is 35.1 Å². The minimum Gasteiger partial charge on any atom is -0.387 e. The Morgan fingerprint density at radius 2 is 2.04 bits per heavy atom. The maximum Gasteiger partial charge on any atom is 0.227 e. The summed E-state index contributed by atoms with van der Waals surface area (Å²) in [7, 11) is 0. The van der Waals surface area contributed by atoms with Crippen LogP contribution in [0.25, 0.3) is 0 Å². The van der Waals surface area contributed by atoms with E-state index in [-0.39, 0.29) is 18.1 Å². The standard InChI is InChI=1S/C19H26FNO4/c1-13-3-4-15(20)11-14(13)12-16(22)21-8-5-19(6-9-21)17(23)18(2,24)7-10-25-19/h3-4,11,17,23-24H,5-10,12H2,1-2H3/t17-,18+/m0/s1. The van der Waals surface area contributed by atoms with Crippen molar-refractivity contribution in [2.75, 3.05) is 19.7 Å². The van der Waals surface area contributed by atoms with Gasteiger partial charge in [0.2, 0.25) is 5.91 Å². The third kappa shape index (κ3) is 3.57. The molecule has 0 saturated carbocycles. The Morgan fingerprint density at radius 1 is 1.36 bits per heavy atom. The number of aliphatic hydroxyl groups excluding tert-OH is 1. The van der Waals surface area contributed by atoms with Crippen LogP contribution in [0.2, 0.25) is 0 Å². The topological polar surface area (TPSA) is 70.0 Å². The van der Waals surface area contributed by atoms with Crippen LogP contribution in [0, 0.1) is 12.7 Å². The largest absolute Gasteiger partial charge is 0.387 e. The quantitative estimate of drug-likeness (QED) is 0.849. The number of benzene rings is 1. The lowest BCUT2D eigenvalue weighted by molar-refractivity contribution is -0.245. The molecule has 2 aliphatic rings. The van der Waals surface area contributed by atoms with Gasteiger partial charge in [-0.2, -0.15) is 0 Å². The normalized spacial score (nSPS) is 29.0. The predicted molar refractivity (Wildman–Crippen MR) is 90.6 cm³/mol. The monoisotopic (exact) mass is 351 g/mol. The fourth-order valence-corrected chi connectivity index (χ4v) is 3.90. The first-order chi connectivity index (χ1) is 11.7. The van der Waals surface area contributed by atoms with E-state index in [0.29, 0.717) is 44.5 Å². The van der Waals surface area contributed by atoms with Crippen LogP contribution >= 0.6 is 0 Å². The van der Waals surface area contributed by atoms with E-state index >= 15 is 0 Å². The first-order valence-electron chi connectivity index (χ1n) is 8.81. The molecule has 1 spiro atoms. The fraction of sp³-hybridized carbons (Fsp3) is 0.632. The van der Waals surface area contributed by atoms with E-state index in [4.69, 9.17) is 4.74 Å². The zero-order valence-corrected chi connectivity index (χ0v) is 14.8. The summed E-state index contributed by atoms with van der Waals surface area (Å²) in [5, 5.41) is 20.9. The molecular formula is C19H26FNO4. The Labute approximate surface area is 147 Å². The summed E-state index contributed by atoms with van der Waals surface area (Å²) >= 11 is 0. The summed E-state index contributed by atoms with van der Waals surface area (Å²) in [5.41, 5.74) is -0.358. The Morgan fingerprint density at radius 3 is 2.72 bits per heavy atom. The van der Waals surface area contributed by atoms with Crippen molar-refractivity contribution in [3.63, 3.8) is 0 Å². The first kappa shape index (κ1) is 18.3. The number of aliphatic hydroxyl groups is 2. The number of piperidine rings is 1. The molecule has 0 radical (unpaired) electrons. The van der Waals surface area contributed by atoms with Crippen LogP contribution < -0.4 is 0 Å². The molecule has 2 aliphatic heterocycles. The molecule has 6 heteroatoms. The molecule has 0 aromatic heterocycles. The lowest BCUT2D eigenvalue weighted by Crippen LogP contribution is -2.64. The highest BCUT2D eigenvalue weighted by molar-refractivity contribution is 5.79. The first-order valence-corrected chi connectivity index (χ1v) is 8.81. The Kier molecular flexibility index (Phi) is 4.88. The van der Waals surface area contributed by atoms with Gasteiger partial charge in [-0.3, -0.25) is 4.79 Å². The molecule has 1 aromatic rings. The Bertz CT molecular complexity index is 653. The Balaban J connectivity index is 1.64. The fourth-order valence-electron chi connectivity index (χ4n) is 3.90. The van der Waals surface area contributed by atoms with Gasteiger partial charge in [0, 0.05) is 19.5 Å². The maximum absolute atomic E-state index is 13.4. The van der Waals surface area contributed by atoms with Gasteiger partial charge < -0.3 is 19.8 Å². The van der Waals surface area contributed by atoms with E-state index in [1.54, 1.807) is 17.9 Å². The van der Waals surface area contributed by atoms with Gasteiger partial charge in [-0.1, -0.05) is 6.07 Å². The minimum atomic E-state index is -1.16. The van der Waals surface area contributed by atoms with E-state index in [1.807, 2.05) is 6.92 Å². The molecule has 2 heterocycles. The van der Waals surface area contributed by atoms with Crippen LogP contribution in [0.4, 0.5) is 4.39 Å². The van der Waals surface area contributed by atoms with Crippen LogP contribution in [0.15, 0.2) is 18.2 Å². The summed E-state index contributed by atoms with van der Waals surface area (Å²) in [5.74, 6) is -0.396. The zero-order valence-electron chi connectivity index (χ0n) is 14.8. The summed E-state index contributed by atoms with van der Waals surface area (Å²) in [4.78, 5) is 14.3. The predicted octanol–water partition coefficient (Wildman–Crippen LogP) is 1.57. The molecule has 0 aliphatic carbocycles. The van der Waals surface area contributed by atoms with E-state index in [9.17, 15) is 19.4 Å². The van der Waals surface area contributed by atoms with E-state index < -0.39 is 17.3 Å². The Hall–Kier alpha value is -1.50. The molecule has 2 atom stereocenters. The number of hydrogen-bond acceptors (Lipinski definition) is 4. The van der Waals surface area contributed by atoms with E-state index in [1.165, 1.54) is 12.1 Å². The average molecular weight is 351 g/mol. The van der Waals surface area contributed by atoms with Crippen molar-refractivity contribution in [3.8, 4) is 0 Å². The molecule has 0 bridgehead atoms. The molecular weight excluding hydrogens is 325 g/mol. The van der Waals surface area contributed by atoms with Crippen molar-refractivity contribution in [1.82, 2.24) is 4.90 Å². The molecule has 0 unspecified atom stereocenters. The van der Waals surface area contributed by atoms with Crippen LogP contribution in [0.3, 0.4) is 0 Å². The molecule has 1 aromatic carbocycles. The van der Waals surface area contributed by atoms with E-state index in [0.717, 1.165) is 5.56 Å². The summed E-state index contributed by atoms with van der Waals surface area (Å²) in [6.07, 6.45) is 0.572. The lowest BCUT2D eigenvalue weighted by atomic mass is 9.75. The number of rotatable bonds is 2. The smallest absolute Gasteiger partial charge is 0.227 e. The number of halogens is 1. The van der Waals surface area contributed by atoms with Crippen molar-refractivity contribution < 1.29 is 24.1 Å². The van der Waals surface area contributed by atoms with Gasteiger partial charge in [-0.15, -0.1) is 0 Å². The van der Waals surface area contributed by atoms with Gasteiger partial charge in [-0.05, 0) is 49.9 Å². The number of carbonyl (C=O) groups excluding carboxylic acids is 1. The van der Waals surface area contributed by atoms with E-state index in [2.05, 4.69) is 0 Å². The number of likely N-dealkylation sites (tertiary alicyclic amines) is 1. The van der Waals surface area contributed by atoms with Gasteiger partial charge in [0.05, 0.1) is 18.6 Å². The second kappa shape index (κ2) is 6.67. The number of carbonyl (C=O) groups is 1. The maximum atomic E-state index is 13.4. The average Bonchev–Trinajstić information content (AvgIpc) is 2.56. The third-order valence-electron chi connectivity index (χ3n) is 5.70. The molecule has 2 N–H and O–H groups in total. The third-order valence-corrected chi connectivity index (χ3v) is 5.70. The zero-order chi connectivity index (χ0) is 18.2. The highest BCUT2D eigenvalue weighted by Gasteiger charge is 2.52. The number of ether oxygens (including phenoxy) is 1. The van der Waals surface area contributed by atoms with Crippen LogP contribution in [0.1, 0.15) is 37.3 Å². The van der Waals surface area contributed by atoms with Gasteiger partial charge >= 0.3 is 0 Å². The number of nitrogens with zero attached hydrogens (tertiary/aromatic N) is 1. The highest BCUT2D eigenvalue weighted by atomic mass is 19.1. The number of hydrogen-bond donors (Lipinski definition) is 2. The number of amides is 1. The van der Waals surface area contributed by atoms with Gasteiger partial charge in [0.15, 0.2) is 0 Å². The van der Waals surface area contributed by atoms with Crippen LogP contribution in [-0.2, 0) is 16.0 Å². The molecule has 25 heavy (non-hydrogen) atoms. The van der Waals surface area contributed by atoms with Gasteiger partial charge in [0.25, 0.3) is 0 Å². The molecule has 138 valence electrons. The lowest BCUT2D eigenvalue weighted by Gasteiger charge is -2.51. The molecule has 3 rings (SSSR count). The molecule has 2 saturated heterocycles. The number of aryl methyl sites for hydroxylation is 1. The van der Waals surface area contributed by atoms with Crippen molar-refractivity contribution in [2.24, 2.45) is 0 Å². The van der Waals surface area contributed by atoms with Crippen molar-refractivity contribution in [1.29, 1.82) is 0 Å². The second-order valence-corrected chi connectivity index (χ2v) is 7.55. The molecule has 5 nitrogen and oxygen atoms in total. The SMILES string of the molecule is Cc1ccc(F)cc1CC(=O)N1CCC2(CC1)OCC[C@@](C)(O)[C@@H]2O. The van der Waals surface area contributed by atoms with Crippen molar-refractivity contribution in [2.45, 2.75) is 56.8 Å². The molecule has 2 fully saturated rings. The summed E-state index contributed by atoms with van der Waals surface area (Å²) in [6, 6.07) is 4.48. The van der Waals surface area contributed by atoms with Crippen LogP contribution in [-0.4, -0.2) is 58.0 Å². The van der Waals surface area contributed by atoms with Crippen LogP contribution in [0.5, 0.6) is 0 Å². The molecule has 1 amide bonds. The summed E-state index contributed by atoms with van der Waals surface area (Å²) < 4.78 is 19.2. The van der Waals surface area contributed by atoms with Gasteiger partial charge in [-0.25, -0.2) is 4.39 Å². The van der Waals surface area contributed by atoms with Gasteiger partial charge in [0.1, 0.15) is 17.5 Å².